The van der Waals surface area contributed by atoms with Crippen LogP contribution in [0.25, 0.3) is 0 Å². The van der Waals surface area contributed by atoms with Crippen LogP contribution >= 0.6 is 11.8 Å². The molecule has 106 valence electrons. The molecule has 1 unspecified atom stereocenters. The zero-order valence-corrected chi connectivity index (χ0v) is 11.9. The Balaban J connectivity index is 2.14. The van der Waals surface area contributed by atoms with Crippen LogP contribution in [0.3, 0.4) is 0 Å². The van der Waals surface area contributed by atoms with Crippen molar-refractivity contribution in [3.63, 3.8) is 0 Å². The fourth-order valence-electron chi connectivity index (χ4n) is 1.38. The number of thioether (sulfide) groups is 1. The fraction of sp³-hybridized carbons (Fsp3) is 0.500. The van der Waals surface area contributed by atoms with E-state index in [9.17, 15) is 4.79 Å². The quantitative estimate of drug-likeness (QED) is 0.682. The van der Waals surface area contributed by atoms with Gasteiger partial charge in [0.1, 0.15) is 5.75 Å². The predicted molar refractivity (Wildman–Crippen MR) is 77.1 cm³/mol. The van der Waals surface area contributed by atoms with Crippen molar-refractivity contribution in [2.45, 2.75) is 13.3 Å². The van der Waals surface area contributed by atoms with Crippen molar-refractivity contribution in [3.8, 4) is 5.75 Å². The smallest absolute Gasteiger partial charge is 0.335 e. The SMILES string of the molecule is CC(CO)CSCCCOc1ccc(C(=O)O)cc1. The van der Waals surface area contributed by atoms with Crippen LogP contribution in [0, 0.1) is 5.92 Å². The molecule has 0 radical (unpaired) electrons. The second-order valence-corrected chi connectivity index (χ2v) is 5.54. The summed E-state index contributed by atoms with van der Waals surface area (Å²) >= 11 is 1.81. The number of ether oxygens (including phenoxy) is 1. The lowest BCUT2D eigenvalue weighted by atomic mass is 10.2. The van der Waals surface area contributed by atoms with Crippen LogP contribution in [0.5, 0.6) is 5.75 Å². The molecular formula is C14H20O4S. The van der Waals surface area contributed by atoms with Gasteiger partial charge in [-0.2, -0.15) is 11.8 Å². The van der Waals surface area contributed by atoms with E-state index in [2.05, 4.69) is 0 Å². The highest BCUT2D eigenvalue weighted by Gasteiger charge is 2.02. The summed E-state index contributed by atoms with van der Waals surface area (Å²) in [6.07, 6.45) is 0.934. The number of aromatic carboxylic acids is 1. The highest BCUT2D eigenvalue weighted by atomic mass is 32.2. The summed E-state index contributed by atoms with van der Waals surface area (Å²) < 4.78 is 5.52. The van der Waals surface area contributed by atoms with E-state index < -0.39 is 5.97 Å². The van der Waals surface area contributed by atoms with E-state index in [4.69, 9.17) is 14.9 Å². The first-order valence-corrected chi connectivity index (χ1v) is 7.43. The summed E-state index contributed by atoms with van der Waals surface area (Å²) in [4.78, 5) is 10.7. The Labute approximate surface area is 117 Å². The summed E-state index contributed by atoms with van der Waals surface area (Å²) in [6.45, 7) is 2.87. The Hall–Kier alpha value is -1.20. The number of carbonyl (C=O) groups is 1. The van der Waals surface area contributed by atoms with Crippen LogP contribution in [-0.4, -0.2) is 40.9 Å². The summed E-state index contributed by atoms with van der Waals surface area (Å²) in [6, 6.07) is 6.42. The molecule has 0 saturated carbocycles. The van der Waals surface area contributed by atoms with Crippen molar-refractivity contribution in [3.05, 3.63) is 29.8 Å². The molecule has 19 heavy (non-hydrogen) atoms. The maximum Gasteiger partial charge on any atom is 0.335 e. The zero-order valence-electron chi connectivity index (χ0n) is 11.0. The number of carboxylic acid groups (broad SMARTS) is 1. The molecule has 0 heterocycles. The molecule has 0 aromatic heterocycles. The van der Waals surface area contributed by atoms with Gasteiger partial charge < -0.3 is 14.9 Å². The van der Waals surface area contributed by atoms with E-state index in [-0.39, 0.29) is 12.2 Å². The van der Waals surface area contributed by atoms with E-state index in [0.29, 0.717) is 18.3 Å². The van der Waals surface area contributed by atoms with Gasteiger partial charge >= 0.3 is 5.97 Å². The second kappa shape index (κ2) is 8.82. The molecule has 1 rings (SSSR count). The van der Waals surface area contributed by atoms with Gasteiger partial charge in [-0.3, -0.25) is 0 Å². The fourth-order valence-corrected chi connectivity index (χ4v) is 2.38. The molecule has 0 saturated heterocycles. The topological polar surface area (TPSA) is 66.8 Å². The molecule has 2 N–H and O–H groups in total. The highest BCUT2D eigenvalue weighted by molar-refractivity contribution is 7.99. The van der Waals surface area contributed by atoms with Crippen LogP contribution in [0.1, 0.15) is 23.7 Å². The van der Waals surface area contributed by atoms with Gasteiger partial charge in [-0.15, -0.1) is 0 Å². The van der Waals surface area contributed by atoms with Gasteiger partial charge in [0.05, 0.1) is 12.2 Å². The van der Waals surface area contributed by atoms with E-state index in [0.717, 1.165) is 17.9 Å². The summed E-state index contributed by atoms with van der Waals surface area (Å²) in [5.74, 6) is 2.07. The minimum Gasteiger partial charge on any atom is -0.494 e. The molecule has 1 aromatic carbocycles. The monoisotopic (exact) mass is 284 g/mol. The van der Waals surface area contributed by atoms with Crippen molar-refractivity contribution in [2.75, 3.05) is 24.7 Å². The number of hydrogen-bond acceptors (Lipinski definition) is 4. The van der Waals surface area contributed by atoms with Gasteiger partial charge in [0, 0.05) is 6.61 Å². The molecule has 0 fully saturated rings. The van der Waals surface area contributed by atoms with Crippen molar-refractivity contribution in [2.24, 2.45) is 5.92 Å². The third kappa shape index (κ3) is 6.50. The molecule has 0 aliphatic heterocycles. The largest absolute Gasteiger partial charge is 0.494 e. The standard InChI is InChI=1S/C14H20O4S/c1-11(9-15)10-19-8-2-7-18-13-5-3-12(4-6-13)14(16)17/h3-6,11,15H,2,7-10H2,1H3,(H,16,17). The number of aliphatic hydroxyl groups excluding tert-OH is 1. The molecular weight excluding hydrogens is 264 g/mol. The number of hydrogen-bond donors (Lipinski definition) is 2. The minimum atomic E-state index is -0.930. The Bertz CT molecular complexity index is 378. The Morgan fingerprint density at radius 3 is 2.63 bits per heavy atom. The summed E-state index contributed by atoms with van der Waals surface area (Å²) in [5.41, 5.74) is 0.265. The van der Waals surface area contributed by atoms with Gasteiger partial charge in [0.2, 0.25) is 0 Å². The molecule has 4 nitrogen and oxygen atoms in total. The predicted octanol–water partition coefficient (Wildman–Crippen LogP) is 2.52. The van der Waals surface area contributed by atoms with Crippen molar-refractivity contribution < 1.29 is 19.7 Å². The Morgan fingerprint density at radius 2 is 2.05 bits per heavy atom. The van der Waals surface area contributed by atoms with Crippen molar-refractivity contribution in [1.29, 1.82) is 0 Å². The number of rotatable bonds is 9. The highest BCUT2D eigenvalue weighted by Crippen LogP contribution is 2.13. The lowest BCUT2D eigenvalue weighted by Gasteiger charge is -2.08. The number of benzene rings is 1. The van der Waals surface area contributed by atoms with Crippen LogP contribution in [0.4, 0.5) is 0 Å². The summed E-state index contributed by atoms with van der Waals surface area (Å²) in [7, 11) is 0. The normalized spacial score (nSPS) is 12.1. The van der Waals surface area contributed by atoms with Crippen molar-refractivity contribution >= 4 is 17.7 Å². The Morgan fingerprint density at radius 1 is 1.37 bits per heavy atom. The summed E-state index contributed by atoms with van der Waals surface area (Å²) in [5, 5.41) is 17.6. The first kappa shape index (κ1) is 15.9. The van der Waals surface area contributed by atoms with E-state index in [1.165, 1.54) is 12.1 Å². The molecule has 1 atom stereocenters. The average molecular weight is 284 g/mol. The lowest BCUT2D eigenvalue weighted by Crippen LogP contribution is -2.05. The van der Waals surface area contributed by atoms with E-state index in [1.807, 2.05) is 18.7 Å². The van der Waals surface area contributed by atoms with Gasteiger partial charge in [0.15, 0.2) is 0 Å². The van der Waals surface area contributed by atoms with Crippen LogP contribution in [-0.2, 0) is 0 Å². The number of aliphatic hydroxyl groups is 1. The van der Waals surface area contributed by atoms with Crippen molar-refractivity contribution in [1.82, 2.24) is 0 Å². The van der Waals surface area contributed by atoms with E-state index >= 15 is 0 Å². The molecule has 0 spiro atoms. The van der Waals surface area contributed by atoms with Crippen LogP contribution < -0.4 is 4.74 Å². The molecule has 1 aromatic rings. The lowest BCUT2D eigenvalue weighted by molar-refractivity contribution is 0.0697. The molecule has 0 amide bonds. The maximum atomic E-state index is 10.7. The molecule has 0 bridgehead atoms. The van der Waals surface area contributed by atoms with Gasteiger partial charge in [-0.05, 0) is 48.1 Å². The first-order chi connectivity index (χ1) is 9.13. The maximum absolute atomic E-state index is 10.7. The molecule has 0 aliphatic rings. The third-order valence-corrected chi connectivity index (χ3v) is 3.90. The van der Waals surface area contributed by atoms with Crippen LogP contribution in [0.2, 0.25) is 0 Å². The zero-order chi connectivity index (χ0) is 14.1. The number of carboxylic acids is 1. The van der Waals surface area contributed by atoms with Gasteiger partial charge in [0.25, 0.3) is 0 Å². The third-order valence-electron chi connectivity index (χ3n) is 2.52. The van der Waals surface area contributed by atoms with Crippen LogP contribution in [0.15, 0.2) is 24.3 Å². The first-order valence-electron chi connectivity index (χ1n) is 6.28. The van der Waals surface area contributed by atoms with Gasteiger partial charge in [-0.1, -0.05) is 6.92 Å². The second-order valence-electron chi connectivity index (χ2n) is 4.39. The van der Waals surface area contributed by atoms with Gasteiger partial charge in [-0.25, -0.2) is 4.79 Å². The average Bonchev–Trinajstić information content (AvgIpc) is 2.42. The Kier molecular flexibility index (Phi) is 7.36. The molecule has 5 heteroatoms. The van der Waals surface area contributed by atoms with E-state index in [1.54, 1.807) is 12.1 Å². The molecule has 0 aliphatic carbocycles. The minimum absolute atomic E-state index is 0.236.